The first-order valence-electron chi connectivity index (χ1n) is 11.7. The Morgan fingerprint density at radius 3 is 2.06 bits per heavy atom. The van der Waals surface area contributed by atoms with Crippen LogP contribution in [0.1, 0.15) is 87.0 Å². The Morgan fingerprint density at radius 1 is 0.875 bits per heavy atom. The standard InChI is InChI=1S/C25H40O3S4/c1-8-23(5,9-2)18-25(7,24(6,10-3)11-4)22(26)28-14-12-13-27-19-17-31-21(32-19)20-29-15-16-30-20/h15-17H,8-14,18H2,1-7H3. The third kappa shape index (κ3) is 6.73. The molecule has 0 radical (unpaired) electrons. The van der Waals surface area contributed by atoms with Gasteiger partial charge in [0.1, 0.15) is 0 Å². The molecule has 0 spiro atoms. The van der Waals surface area contributed by atoms with Crippen LogP contribution < -0.4 is 0 Å². The largest absolute Gasteiger partial charge is 0.486 e. The van der Waals surface area contributed by atoms with Crippen molar-refractivity contribution in [3.05, 3.63) is 29.8 Å². The number of carbonyl (C=O) groups excluding carboxylic acids is 1. The summed E-state index contributed by atoms with van der Waals surface area (Å²) in [7, 11) is 0. The maximum atomic E-state index is 13.4. The molecule has 0 aliphatic carbocycles. The highest BCUT2D eigenvalue weighted by Gasteiger charge is 2.51. The normalized spacial score (nSPS) is 18.7. The first-order valence-corrected chi connectivity index (χ1v) is 15.2. The average molecular weight is 517 g/mol. The maximum Gasteiger partial charge on any atom is 0.312 e. The van der Waals surface area contributed by atoms with Crippen molar-refractivity contribution in [2.45, 2.75) is 87.0 Å². The molecule has 0 fully saturated rings. The molecule has 0 amide bonds. The number of hydrogen-bond donors (Lipinski definition) is 0. The molecule has 0 N–H and O–H groups in total. The summed E-state index contributed by atoms with van der Waals surface area (Å²) >= 11 is 6.95. The molecular weight excluding hydrogens is 477 g/mol. The van der Waals surface area contributed by atoms with E-state index in [0.717, 1.165) is 37.2 Å². The van der Waals surface area contributed by atoms with Crippen molar-refractivity contribution < 1.29 is 14.3 Å². The fourth-order valence-corrected chi connectivity index (χ4v) is 8.42. The predicted molar refractivity (Wildman–Crippen MR) is 146 cm³/mol. The molecule has 3 nitrogen and oxygen atoms in total. The highest BCUT2D eigenvalue weighted by atomic mass is 32.2. The first-order chi connectivity index (χ1) is 15.2. The third-order valence-electron chi connectivity index (χ3n) is 7.62. The number of thioether (sulfide) groups is 4. The number of rotatable bonds is 13. The van der Waals surface area contributed by atoms with E-state index < -0.39 is 5.41 Å². The van der Waals surface area contributed by atoms with Gasteiger partial charge in [0.05, 0.1) is 27.1 Å². The van der Waals surface area contributed by atoms with E-state index in [4.69, 9.17) is 9.47 Å². The van der Waals surface area contributed by atoms with Gasteiger partial charge in [-0.2, -0.15) is 0 Å². The molecule has 0 bridgehead atoms. The van der Waals surface area contributed by atoms with Gasteiger partial charge in [-0.25, -0.2) is 0 Å². The van der Waals surface area contributed by atoms with Crippen molar-refractivity contribution in [3.8, 4) is 0 Å². The van der Waals surface area contributed by atoms with E-state index in [1.165, 1.54) is 8.47 Å². The van der Waals surface area contributed by atoms with Gasteiger partial charge in [0.25, 0.3) is 0 Å². The lowest BCUT2D eigenvalue weighted by atomic mass is 9.56. The van der Waals surface area contributed by atoms with Crippen LogP contribution in [0.2, 0.25) is 0 Å². The summed E-state index contributed by atoms with van der Waals surface area (Å²) in [4.78, 5) is 13.4. The van der Waals surface area contributed by atoms with E-state index >= 15 is 0 Å². The van der Waals surface area contributed by atoms with Gasteiger partial charge in [-0.3, -0.25) is 4.79 Å². The molecule has 32 heavy (non-hydrogen) atoms. The zero-order chi connectivity index (χ0) is 23.8. The van der Waals surface area contributed by atoms with E-state index in [1.807, 2.05) is 0 Å². The van der Waals surface area contributed by atoms with Crippen LogP contribution in [-0.4, -0.2) is 19.2 Å². The van der Waals surface area contributed by atoms with Crippen LogP contribution in [0.3, 0.4) is 0 Å². The molecule has 7 heteroatoms. The van der Waals surface area contributed by atoms with Crippen molar-refractivity contribution in [3.63, 3.8) is 0 Å². The fourth-order valence-electron chi connectivity index (χ4n) is 4.17. The smallest absolute Gasteiger partial charge is 0.312 e. The van der Waals surface area contributed by atoms with Crippen molar-refractivity contribution in [1.82, 2.24) is 0 Å². The zero-order valence-electron chi connectivity index (χ0n) is 20.7. The Labute approximate surface area is 212 Å². The molecule has 182 valence electrons. The quantitative estimate of drug-likeness (QED) is 0.178. The summed E-state index contributed by atoms with van der Waals surface area (Å²) in [5.74, 6) is -0.0448. The van der Waals surface area contributed by atoms with Gasteiger partial charge < -0.3 is 9.47 Å². The number of hydrogen-bond acceptors (Lipinski definition) is 7. The lowest BCUT2D eigenvalue weighted by Crippen LogP contribution is -2.47. The summed E-state index contributed by atoms with van der Waals surface area (Å²) in [5.41, 5.74) is -0.433. The zero-order valence-corrected chi connectivity index (χ0v) is 24.0. The first kappa shape index (κ1) is 28.1. The Hall–Kier alpha value is -0.110. The van der Waals surface area contributed by atoms with E-state index in [9.17, 15) is 4.79 Å². The molecular formula is C25H40O3S4. The monoisotopic (exact) mass is 516 g/mol. The molecule has 0 saturated carbocycles. The van der Waals surface area contributed by atoms with Crippen molar-refractivity contribution >= 4 is 53.0 Å². The van der Waals surface area contributed by atoms with Crippen molar-refractivity contribution in [2.75, 3.05) is 13.2 Å². The molecule has 1 atom stereocenters. The Morgan fingerprint density at radius 2 is 1.50 bits per heavy atom. The maximum absolute atomic E-state index is 13.4. The van der Waals surface area contributed by atoms with Crippen molar-refractivity contribution in [1.29, 1.82) is 0 Å². The minimum absolute atomic E-state index is 0.0448. The summed E-state index contributed by atoms with van der Waals surface area (Å²) in [6.45, 7) is 16.5. The van der Waals surface area contributed by atoms with Crippen LogP contribution in [0.15, 0.2) is 29.8 Å². The minimum Gasteiger partial charge on any atom is -0.486 e. The van der Waals surface area contributed by atoms with Crippen LogP contribution in [0.25, 0.3) is 0 Å². The predicted octanol–water partition coefficient (Wildman–Crippen LogP) is 9.34. The van der Waals surface area contributed by atoms with Gasteiger partial charge in [-0.1, -0.05) is 89.7 Å². The SMILES string of the molecule is CCC(C)(CC)CC(C)(C(=O)OCCCOC1=CSC(=C2SC=CS2)S1)C(C)(CC)CC. The number of esters is 1. The van der Waals surface area contributed by atoms with Crippen LogP contribution >= 0.6 is 47.0 Å². The molecule has 0 aromatic carbocycles. The molecule has 2 heterocycles. The average Bonchev–Trinajstić information content (AvgIpc) is 3.49. The second-order valence-corrected chi connectivity index (χ2v) is 13.6. The van der Waals surface area contributed by atoms with Gasteiger partial charge in [-0.15, -0.1) is 0 Å². The molecule has 0 aromatic rings. The number of carbonyl (C=O) groups is 1. The van der Waals surface area contributed by atoms with Gasteiger partial charge in [0.15, 0.2) is 5.09 Å². The van der Waals surface area contributed by atoms with Gasteiger partial charge in [0.2, 0.25) is 0 Å². The second-order valence-electron chi connectivity index (χ2n) is 9.37. The second kappa shape index (κ2) is 12.6. The van der Waals surface area contributed by atoms with E-state index in [1.54, 1.807) is 47.0 Å². The molecule has 0 saturated heterocycles. The Kier molecular flexibility index (Phi) is 11.0. The summed E-state index contributed by atoms with van der Waals surface area (Å²) < 4.78 is 14.4. The third-order valence-corrected chi connectivity index (χ3v) is 12.5. The molecule has 2 rings (SSSR count). The molecule has 2 aliphatic heterocycles. The highest BCUT2D eigenvalue weighted by Crippen LogP contribution is 2.54. The lowest BCUT2D eigenvalue weighted by Gasteiger charge is -2.48. The summed E-state index contributed by atoms with van der Waals surface area (Å²) in [5, 5.41) is 7.23. The minimum atomic E-state index is -0.496. The Bertz CT molecular complexity index is 725. The topological polar surface area (TPSA) is 35.5 Å². The van der Waals surface area contributed by atoms with Crippen LogP contribution in [0, 0.1) is 16.2 Å². The summed E-state index contributed by atoms with van der Waals surface area (Å²) in [6.07, 6.45) is 5.64. The lowest BCUT2D eigenvalue weighted by molar-refractivity contribution is -0.168. The molecule has 1 unspecified atom stereocenters. The van der Waals surface area contributed by atoms with E-state index in [2.05, 4.69) is 64.7 Å². The van der Waals surface area contributed by atoms with Crippen LogP contribution in [-0.2, 0) is 14.3 Å². The van der Waals surface area contributed by atoms with E-state index in [0.29, 0.717) is 19.6 Å². The highest BCUT2D eigenvalue weighted by molar-refractivity contribution is 8.33. The Balaban J connectivity index is 1.88. The van der Waals surface area contributed by atoms with Crippen LogP contribution in [0.4, 0.5) is 0 Å². The van der Waals surface area contributed by atoms with Gasteiger partial charge in [-0.05, 0) is 59.6 Å². The number of ether oxygens (including phenoxy) is 2. The molecule has 2 aliphatic rings. The van der Waals surface area contributed by atoms with Crippen molar-refractivity contribution in [2.24, 2.45) is 16.2 Å². The fraction of sp³-hybridized carbons (Fsp3) is 0.720. The van der Waals surface area contributed by atoms with Gasteiger partial charge >= 0.3 is 5.97 Å². The molecule has 0 aromatic heterocycles. The van der Waals surface area contributed by atoms with E-state index in [-0.39, 0.29) is 16.8 Å². The van der Waals surface area contributed by atoms with Gasteiger partial charge in [0, 0.05) is 11.8 Å². The summed E-state index contributed by atoms with van der Waals surface area (Å²) in [6, 6.07) is 0. The van der Waals surface area contributed by atoms with Crippen LogP contribution in [0.5, 0.6) is 0 Å².